The molecular formula is C25H19Cl2N9O4. The van der Waals surface area contributed by atoms with E-state index in [9.17, 15) is 14.9 Å². The van der Waals surface area contributed by atoms with Crippen LogP contribution < -0.4 is 10.5 Å². The second kappa shape index (κ2) is 11.0. The molecule has 0 aliphatic heterocycles. The zero-order valence-electron chi connectivity index (χ0n) is 20.8. The Morgan fingerprint density at radius 3 is 2.80 bits per heavy atom. The fourth-order valence-electron chi connectivity index (χ4n) is 3.95. The summed E-state index contributed by atoms with van der Waals surface area (Å²) in [6.45, 7) is 0.178. The van der Waals surface area contributed by atoms with Gasteiger partial charge in [0.1, 0.15) is 12.4 Å². The van der Waals surface area contributed by atoms with Gasteiger partial charge in [-0.25, -0.2) is 19.3 Å². The normalized spacial score (nSPS) is 10.9. The van der Waals surface area contributed by atoms with Crippen molar-refractivity contribution in [2.24, 2.45) is 5.73 Å². The number of pyridine rings is 1. The third-order valence-electron chi connectivity index (χ3n) is 5.81. The van der Waals surface area contributed by atoms with Crippen LogP contribution in [0.5, 0.6) is 11.5 Å². The summed E-state index contributed by atoms with van der Waals surface area (Å²) in [7, 11) is 1.54. The number of likely N-dealkylation sites (N-methyl/N-ethyl adjacent to an activating group) is 1. The molecule has 13 nitrogen and oxygen atoms in total. The minimum atomic E-state index is -0.927. The summed E-state index contributed by atoms with van der Waals surface area (Å²) in [5, 5.41) is 23.5. The van der Waals surface area contributed by atoms with Gasteiger partial charge in [0.15, 0.2) is 16.9 Å². The first-order valence-corrected chi connectivity index (χ1v) is 12.4. The summed E-state index contributed by atoms with van der Waals surface area (Å²) in [5.74, 6) is 0.552. The summed E-state index contributed by atoms with van der Waals surface area (Å²) in [4.78, 5) is 29.6. The van der Waals surface area contributed by atoms with Gasteiger partial charge in [0.05, 0.1) is 41.0 Å². The zero-order valence-corrected chi connectivity index (χ0v) is 22.3. The molecule has 0 fully saturated rings. The van der Waals surface area contributed by atoms with Crippen molar-refractivity contribution in [1.29, 1.82) is 5.26 Å². The van der Waals surface area contributed by atoms with Crippen LogP contribution in [0, 0.1) is 11.3 Å². The van der Waals surface area contributed by atoms with Gasteiger partial charge in [-0.2, -0.15) is 15.0 Å². The number of rotatable bonds is 7. The number of amides is 2. The molecule has 0 saturated carbocycles. The molecule has 0 aliphatic carbocycles. The standard InChI is InChI=1S/C25H19Cl2N9O4/c1-34(7-8-39-24(29)37)25(38)36-23-17(3-2-6-30-23)19(32-36)13-35-20-5-4-18(27)22(21(20)31-33-35)40-16-10-14(12-28)9-15(26)11-16/h2-6,9-11H,7-8,13H2,1H3,(H2,29,37). The Morgan fingerprint density at radius 2 is 2.02 bits per heavy atom. The molecule has 3 heterocycles. The van der Waals surface area contributed by atoms with Crippen molar-refractivity contribution in [3.63, 3.8) is 0 Å². The number of hydrogen-bond donors (Lipinski definition) is 1. The van der Waals surface area contributed by atoms with Crippen molar-refractivity contribution in [2.75, 3.05) is 20.2 Å². The molecule has 0 radical (unpaired) electrons. The average Bonchev–Trinajstić information content (AvgIpc) is 3.51. The number of hydrogen-bond acceptors (Lipinski definition) is 9. The first kappa shape index (κ1) is 26.7. The lowest BCUT2D eigenvalue weighted by Crippen LogP contribution is -2.35. The number of nitriles is 1. The first-order chi connectivity index (χ1) is 19.2. The molecular weight excluding hydrogens is 561 g/mol. The van der Waals surface area contributed by atoms with Gasteiger partial charge in [-0.15, -0.1) is 5.10 Å². The Morgan fingerprint density at radius 1 is 1.20 bits per heavy atom. The van der Waals surface area contributed by atoms with Crippen LogP contribution in [0.3, 0.4) is 0 Å². The van der Waals surface area contributed by atoms with E-state index in [2.05, 4.69) is 20.4 Å². The van der Waals surface area contributed by atoms with Crippen molar-refractivity contribution in [1.82, 2.24) is 34.7 Å². The van der Waals surface area contributed by atoms with Gasteiger partial charge in [0.25, 0.3) is 0 Å². The van der Waals surface area contributed by atoms with Crippen LogP contribution in [-0.4, -0.2) is 67.0 Å². The Hall–Kier alpha value is -4.93. The van der Waals surface area contributed by atoms with E-state index in [0.29, 0.717) is 44.1 Å². The molecule has 0 spiro atoms. The quantitative estimate of drug-likeness (QED) is 0.297. The Balaban J connectivity index is 1.47. The van der Waals surface area contributed by atoms with Gasteiger partial charge in [-0.05, 0) is 42.5 Å². The van der Waals surface area contributed by atoms with Crippen molar-refractivity contribution in [3.05, 3.63) is 70.0 Å². The number of primary amides is 1. The lowest BCUT2D eigenvalue weighted by atomic mass is 10.2. The predicted octanol–water partition coefficient (Wildman–Crippen LogP) is 4.19. The molecule has 2 N–H and O–H groups in total. The molecule has 0 bridgehead atoms. The highest BCUT2D eigenvalue weighted by atomic mass is 35.5. The van der Waals surface area contributed by atoms with Crippen LogP contribution in [0.15, 0.2) is 48.7 Å². The van der Waals surface area contributed by atoms with Gasteiger partial charge >= 0.3 is 12.1 Å². The topological polar surface area (TPSA) is 167 Å². The zero-order chi connectivity index (χ0) is 28.4. The number of halogens is 2. The molecule has 0 atom stereocenters. The maximum atomic E-state index is 13.1. The van der Waals surface area contributed by atoms with Crippen LogP contribution >= 0.6 is 23.2 Å². The molecule has 2 amide bonds. The van der Waals surface area contributed by atoms with Crippen LogP contribution in [0.25, 0.3) is 22.1 Å². The molecule has 5 rings (SSSR count). The highest BCUT2D eigenvalue weighted by Gasteiger charge is 2.22. The van der Waals surface area contributed by atoms with Gasteiger partial charge in [0, 0.05) is 23.7 Å². The average molecular weight is 580 g/mol. The predicted molar refractivity (Wildman–Crippen MR) is 144 cm³/mol. The van der Waals surface area contributed by atoms with E-state index in [0.717, 1.165) is 0 Å². The Labute approximate surface area is 236 Å². The van der Waals surface area contributed by atoms with E-state index in [1.54, 1.807) is 48.3 Å². The maximum Gasteiger partial charge on any atom is 0.404 e. The second-order valence-corrected chi connectivity index (χ2v) is 9.33. The number of nitrogens with two attached hydrogens (primary N) is 1. The van der Waals surface area contributed by atoms with Gasteiger partial charge in [0.2, 0.25) is 0 Å². The van der Waals surface area contributed by atoms with Gasteiger partial charge in [-0.1, -0.05) is 28.4 Å². The van der Waals surface area contributed by atoms with Crippen molar-refractivity contribution in [2.45, 2.75) is 6.54 Å². The number of aromatic nitrogens is 6. The lowest BCUT2D eigenvalue weighted by Gasteiger charge is -2.16. The number of nitrogens with zero attached hydrogens (tertiary/aromatic N) is 8. The molecule has 0 unspecified atom stereocenters. The summed E-state index contributed by atoms with van der Waals surface area (Å²) < 4.78 is 13.5. The van der Waals surface area contributed by atoms with Gasteiger partial charge in [-0.3, -0.25) is 0 Å². The number of ether oxygens (including phenoxy) is 2. The third kappa shape index (κ3) is 5.31. The molecule has 5 aromatic rings. The van der Waals surface area contributed by atoms with Gasteiger partial charge < -0.3 is 20.1 Å². The third-order valence-corrected chi connectivity index (χ3v) is 6.33. The molecule has 40 heavy (non-hydrogen) atoms. The van der Waals surface area contributed by atoms with Crippen molar-refractivity contribution in [3.8, 4) is 17.6 Å². The fraction of sp³-hybridized carbons (Fsp3) is 0.160. The minimum absolute atomic E-state index is 0.0675. The van der Waals surface area contributed by atoms with E-state index < -0.39 is 12.1 Å². The summed E-state index contributed by atoms with van der Waals surface area (Å²) >= 11 is 12.5. The van der Waals surface area contributed by atoms with E-state index in [-0.39, 0.29) is 30.5 Å². The molecule has 15 heteroatoms. The second-order valence-electron chi connectivity index (χ2n) is 8.49. The highest BCUT2D eigenvalue weighted by Crippen LogP contribution is 2.37. The first-order valence-electron chi connectivity index (χ1n) is 11.7. The van der Waals surface area contributed by atoms with Crippen molar-refractivity contribution < 1.29 is 19.1 Å². The number of fused-ring (bicyclic) bond motifs is 2. The molecule has 0 aliphatic rings. The van der Waals surface area contributed by atoms with E-state index in [1.165, 1.54) is 21.7 Å². The summed E-state index contributed by atoms with van der Waals surface area (Å²) in [6.07, 6.45) is 0.626. The lowest BCUT2D eigenvalue weighted by molar-refractivity contribution is 0.142. The van der Waals surface area contributed by atoms with Crippen LogP contribution in [0.2, 0.25) is 10.0 Å². The van der Waals surface area contributed by atoms with Crippen LogP contribution in [-0.2, 0) is 11.3 Å². The molecule has 2 aromatic carbocycles. The monoisotopic (exact) mass is 579 g/mol. The fourth-order valence-corrected chi connectivity index (χ4v) is 4.37. The SMILES string of the molecule is CN(CCOC(N)=O)C(=O)n1nc(Cn2nnc3c(Oc4cc(Cl)cc(C#N)c4)c(Cl)ccc32)c2cccnc21. The van der Waals surface area contributed by atoms with E-state index in [4.69, 9.17) is 38.4 Å². The van der Waals surface area contributed by atoms with Crippen LogP contribution in [0.1, 0.15) is 11.3 Å². The Bertz CT molecular complexity index is 1810. The summed E-state index contributed by atoms with van der Waals surface area (Å²) in [5.41, 5.74) is 7.12. The van der Waals surface area contributed by atoms with Crippen molar-refractivity contribution >= 4 is 57.4 Å². The molecule has 0 saturated heterocycles. The maximum absolute atomic E-state index is 13.1. The number of benzene rings is 2. The Kier molecular flexibility index (Phi) is 7.37. The smallest absolute Gasteiger partial charge is 0.404 e. The van der Waals surface area contributed by atoms with E-state index >= 15 is 0 Å². The summed E-state index contributed by atoms with van der Waals surface area (Å²) in [6, 6.07) is 13.1. The molecule has 3 aromatic heterocycles. The minimum Gasteiger partial charge on any atom is -0.453 e. The number of carbonyl (C=O) groups is 2. The van der Waals surface area contributed by atoms with E-state index in [1.807, 2.05) is 6.07 Å². The highest BCUT2D eigenvalue weighted by molar-refractivity contribution is 6.33. The largest absolute Gasteiger partial charge is 0.453 e. The number of carbonyl (C=O) groups excluding carboxylic acids is 2. The molecule has 202 valence electrons. The van der Waals surface area contributed by atoms with Crippen LogP contribution in [0.4, 0.5) is 9.59 Å².